The molecule has 220 valence electrons. The third-order valence-corrected chi connectivity index (χ3v) is 8.04. The van der Waals surface area contributed by atoms with E-state index >= 15 is 0 Å². The molecule has 0 aromatic heterocycles. The zero-order valence-corrected chi connectivity index (χ0v) is 24.9. The molecule has 9 heteroatoms. The van der Waals surface area contributed by atoms with Gasteiger partial charge in [0, 0.05) is 32.5 Å². The summed E-state index contributed by atoms with van der Waals surface area (Å²) in [7, 11) is -3.58. The lowest BCUT2D eigenvalue weighted by molar-refractivity contribution is -0.141. The lowest BCUT2D eigenvalue weighted by Gasteiger charge is -2.32. The van der Waals surface area contributed by atoms with E-state index in [1.165, 1.54) is 21.3 Å². The standard InChI is InChI=1S/C32H40FN3O4S/c1-4-5-21-34-32(38)30(23-26-10-7-6-8-11-26)35(24-27-15-17-28(33)18-16-27)31(37)12-9-22-36(41(3,39)40)29-19-13-25(2)14-20-29/h6-8,10-11,13-20,30H,4-5,9,12,21-24H2,1-3H3,(H,34,38)/t30-/m1/s1. The number of hydrogen-bond acceptors (Lipinski definition) is 4. The van der Waals surface area contributed by atoms with E-state index in [2.05, 4.69) is 5.32 Å². The zero-order chi connectivity index (χ0) is 29.8. The molecule has 0 aliphatic rings. The molecule has 0 bridgehead atoms. The summed E-state index contributed by atoms with van der Waals surface area (Å²) in [5.41, 5.74) is 3.14. The highest BCUT2D eigenvalue weighted by molar-refractivity contribution is 7.92. The van der Waals surface area contributed by atoms with Crippen LogP contribution in [0.4, 0.5) is 10.1 Å². The predicted octanol–water partition coefficient (Wildman–Crippen LogP) is 5.24. The Morgan fingerprint density at radius 3 is 2.17 bits per heavy atom. The number of aryl methyl sites for hydroxylation is 1. The first-order chi connectivity index (χ1) is 19.6. The van der Waals surface area contributed by atoms with Crippen LogP contribution in [0, 0.1) is 12.7 Å². The fourth-order valence-electron chi connectivity index (χ4n) is 4.56. The van der Waals surface area contributed by atoms with E-state index in [1.807, 2.05) is 56.3 Å². The number of nitrogens with one attached hydrogen (secondary N) is 1. The second-order valence-electron chi connectivity index (χ2n) is 10.3. The van der Waals surface area contributed by atoms with Gasteiger partial charge in [-0.3, -0.25) is 13.9 Å². The fourth-order valence-corrected chi connectivity index (χ4v) is 5.53. The van der Waals surface area contributed by atoms with Gasteiger partial charge < -0.3 is 10.2 Å². The van der Waals surface area contributed by atoms with Gasteiger partial charge in [-0.05, 0) is 55.2 Å². The number of sulfonamides is 1. The Bertz CT molecular complexity index is 1360. The number of unbranched alkanes of at least 4 members (excludes halogenated alkanes) is 1. The molecule has 0 unspecified atom stereocenters. The average Bonchev–Trinajstić information content (AvgIpc) is 2.94. The first-order valence-corrected chi connectivity index (χ1v) is 15.8. The molecule has 1 atom stereocenters. The molecule has 7 nitrogen and oxygen atoms in total. The Morgan fingerprint density at radius 1 is 0.902 bits per heavy atom. The lowest BCUT2D eigenvalue weighted by atomic mass is 10.0. The van der Waals surface area contributed by atoms with Crippen LogP contribution in [0.3, 0.4) is 0 Å². The van der Waals surface area contributed by atoms with Crippen LogP contribution in [0.2, 0.25) is 0 Å². The van der Waals surface area contributed by atoms with Gasteiger partial charge in [0.25, 0.3) is 0 Å². The highest BCUT2D eigenvalue weighted by Crippen LogP contribution is 2.21. The molecule has 0 spiro atoms. The Balaban J connectivity index is 1.86. The van der Waals surface area contributed by atoms with Crippen molar-refractivity contribution in [3.05, 3.63) is 101 Å². The summed E-state index contributed by atoms with van der Waals surface area (Å²) < 4.78 is 40.1. The topological polar surface area (TPSA) is 86.8 Å². The summed E-state index contributed by atoms with van der Waals surface area (Å²) in [6, 6.07) is 21.7. The van der Waals surface area contributed by atoms with Crippen LogP contribution in [0.1, 0.15) is 49.3 Å². The van der Waals surface area contributed by atoms with Crippen molar-refractivity contribution in [3.63, 3.8) is 0 Å². The minimum Gasteiger partial charge on any atom is -0.354 e. The first kappa shape index (κ1) is 31.8. The van der Waals surface area contributed by atoms with E-state index in [9.17, 15) is 22.4 Å². The zero-order valence-electron chi connectivity index (χ0n) is 24.1. The minimum absolute atomic E-state index is 0.0343. The third-order valence-electron chi connectivity index (χ3n) is 6.84. The van der Waals surface area contributed by atoms with Crippen molar-refractivity contribution in [1.29, 1.82) is 0 Å². The molecule has 2 amide bonds. The number of nitrogens with zero attached hydrogens (tertiary/aromatic N) is 2. The van der Waals surface area contributed by atoms with Crippen molar-refractivity contribution in [3.8, 4) is 0 Å². The van der Waals surface area contributed by atoms with Crippen LogP contribution in [0.15, 0.2) is 78.9 Å². The van der Waals surface area contributed by atoms with Crippen molar-refractivity contribution < 1.29 is 22.4 Å². The number of benzene rings is 3. The molecule has 41 heavy (non-hydrogen) atoms. The SMILES string of the molecule is CCCCNC(=O)[C@@H](Cc1ccccc1)N(Cc1ccc(F)cc1)C(=O)CCCN(c1ccc(C)cc1)S(C)(=O)=O. The van der Waals surface area contributed by atoms with Crippen LogP contribution in [0.25, 0.3) is 0 Å². The van der Waals surface area contributed by atoms with E-state index in [4.69, 9.17) is 0 Å². The normalized spacial score (nSPS) is 12.0. The quantitative estimate of drug-likeness (QED) is 0.249. The maximum Gasteiger partial charge on any atom is 0.243 e. The van der Waals surface area contributed by atoms with Gasteiger partial charge in [0.2, 0.25) is 21.8 Å². The van der Waals surface area contributed by atoms with Crippen LogP contribution >= 0.6 is 0 Å². The number of anilines is 1. The van der Waals surface area contributed by atoms with E-state index in [1.54, 1.807) is 24.3 Å². The maximum absolute atomic E-state index is 13.8. The van der Waals surface area contributed by atoms with Gasteiger partial charge in [-0.2, -0.15) is 0 Å². The van der Waals surface area contributed by atoms with Crippen LogP contribution in [-0.2, 0) is 32.6 Å². The maximum atomic E-state index is 13.8. The summed E-state index contributed by atoms with van der Waals surface area (Å²) >= 11 is 0. The van der Waals surface area contributed by atoms with Crippen LogP contribution in [-0.4, -0.2) is 50.5 Å². The van der Waals surface area contributed by atoms with Crippen molar-refractivity contribution in [1.82, 2.24) is 10.2 Å². The highest BCUT2D eigenvalue weighted by atomic mass is 32.2. The molecule has 0 aliphatic carbocycles. The van der Waals surface area contributed by atoms with Crippen molar-refractivity contribution in [2.45, 2.75) is 58.5 Å². The summed E-state index contributed by atoms with van der Waals surface area (Å²) in [6.07, 6.45) is 3.48. The van der Waals surface area contributed by atoms with E-state index in [-0.39, 0.29) is 43.6 Å². The van der Waals surface area contributed by atoms with Gasteiger partial charge in [-0.15, -0.1) is 0 Å². The van der Waals surface area contributed by atoms with Gasteiger partial charge in [-0.1, -0.05) is 73.5 Å². The van der Waals surface area contributed by atoms with Crippen molar-refractivity contribution in [2.24, 2.45) is 0 Å². The average molecular weight is 582 g/mol. The third kappa shape index (κ3) is 10.0. The summed E-state index contributed by atoms with van der Waals surface area (Å²) in [5, 5.41) is 2.97. The van der Waals surface area contributed by atoms with E-state index in [0.29, 0.717) is 24.2 Å². The van der Waals surface area contributed by atoms with Crippen LogP contribution < -0.4 is 9.62 Å². The van der Waals surface area contributed by atoms with Gasteiger partial charge in [0.15, 0.2) is 0 Å². The molecular formula is C32H40FN3O4S. The summed E-state index contributed by atoms with van der Waals surface area (Å²) in [4.78, 5) is 28.8. The number of carbonyl (C=O) groups is 2. The van der Waals surface area contributed by atoms with Gasteiger partial charge in [0.1, 0.15) is 11.9 Å². The molecular weight excluding hydrogens is 541 g/mol. The molecule has 1 N–H and O–H groups in total. The van der Waals surface area contributed by atoms with Gasteiger partial charge in [-0.25, -0.2) is 12.8 Å². The summed E-state index contributed by atoms with van der Waals surface area (Å²) in [6.45, 7) is 4.69. The molecule has 0 saturated heterocycles. The lowest BCUT2D eigenvalue weighted by Crippen LogP contribution is -2.50. The minimum atomic E-state index is -3.58. The predicted molar refractivity (Wildman–Crippen MR) is 161 cm³/mol. The monoisotopic (exact) mass is 581 g/mol. The van der Waals surface area contributed by atoms with E-state index in [0.717, 1.165) is 30.2 Å². The number of rotatable bonds is 15. The highest BCUT2D eigenvalue weighted by Gasteiger charge is 2.30. The number of carbonyl (C=O) groups excluding carboxylic acids is 2. The van der Waals surface area contributed by atoms with Gasteiger partial charge in [0.05, 0.1) is 11.9 Å². The molecule has 3 aromatic carbocycles. The Hall–Kier alpha value is -3.72. The smallest absolute Gasteiger partial charge is 0.243 e. The van der Waals surface area contributed by atoms with E-state index < -0.39 is 16.1 Å². The van der Waals surface area contributed by atoms with Gasteiger partial charge >= 0.3 is 0 Å². The molecule has 0 aliphatic heterocycles. The fraction of sp³-hybridized carbons (Fsp3) is 0.375. The number of halogens is 1. The number of amides is 2. The summed E-state index contributed by atoms with van der Waals surface area (Å²) in [5.74, 6) is -0.921. The molecule has 0 heterocycles. The molecule has 3 aromatic rings. The van der Waals surface area contributed by atoms with Crippen molar-refractivity contribution in [2.75, 3.05) is 23.7 Å². The Labute approximate surface area is 243 Å². The second kappa shape index (κ2) is 15.3. The molecule has 0 radical (unpaired) electrons. The number of hydrogen-bond donors (Lipinski definition) is 1. The molecule has 0 fully saturated rings. The second-order valence-corrected chi connectivity index (χ2v) is 12.2. The van der Waals surface area contributed by atoms with Crippen LogP contribution in [0.5, 0.6) is 0 Å². The molecule has 0 saturated carbocycles. The first-order valence-electron chi connectivity index (χ1n) is 14.0. The van der Waals surface area contributed by atoms with Crippen molar-refractivity contribution >= 4 is 27.5 Å². The Morgan fingerprint density at radius 2 is 1.56 bits per heavy atom. The molecule has 3 rings (SSSR count). The largest absolute Gasteiger partial charge is 0.354 e. The Kier molecular flexibility index (Phi) is 11.9.